The fourth-order valence-electron chi connectivity index (χ4n) is 9.84. The van der Waals surface area contributed by atoms with Crippen molar-refractivity contribution in [1.29, 1.82) is 0 Å². The third-order valence-electron chi connectivity index (χ3n) is 11.2. The van der Waals surface area contributed by atoms with E-state index >= 15 is 0 Å². The van der Waals surface area contributed by atoms with Crippen LogP contribution in [0.25, 0.3) is 0 Å². The van der Waals surface area contributed by atoms with Crippen molar-refractivity contribution in [2.75, 3.05) is 0 Å². The maximum atomic E-state index is 12.1. The minimum atomic E-state index is 0.193. The summed E-state index contributed by atoms with van der Waals surface area (Å²) in [7, 11) is 0. The molecule has 4 aliphatic carbocycles. The minimum absolute atomic E-state index is 0.193. The second-order valence-corrected chi connectivity index (χ2v) is 13.3. The molecule has 4 aliphatic rings. The summed E-state index contributed by atoms with van der Waals surface area (Å²) in [5.41, 5.74) is 0.994. The molecule has 2 nitrogen and oxygen atoms in total. The molecule has 0 aliphatic heterocycles. The highest BCUT2D eigenvalue weighted by Gasteiger charge is 2.61. The molecule has 0 saturated heterocycles. The van der Waals surface area contributed by atoms with E-state index in [4.69, 9.17) is 0 Å². The van der Waals surface area contributed by atoms with Crippen LogP contribution in [-0.2, 0) is 4.79 Å². The Morgan fingerprint density at radius 3 is 2.35 bits per heavy atom. The molecule has 4 rings (SSSR count). The number of rotatable bonds is 6. The van der Waals surface area contributed by atoms with Crippen LogP contribution in [0.15, 0.2) is 0 Å². The number of fused-ring (bicyclic) bond motifs is 5. The first-order chi connectivity index (χ1) is 14.7. The number of nitrogens with one attached hydrogen (secondary N) is 1. The third-order valence-corrected chi connectivity index (χ3v) is 11.2. The Labute approximate surface area is 193 Å². The van der Waals surface area contributed by atoms with E-state index in [9.17, 15) is 4.79 Å². The van der Waals surface area contributed by atoms with Gasteiger partial charge in [-0.15, -0.1) is 0 Å². The summed E-state index contributed by atoms with van der Waals surface area (Å²) >= 11 is 0. The summed E-state index contributed by atoms with van der Waals surface area (Å²) in [6, 6.07) is 0.425. The first kappa shape index (κ1) is 23.6. The molecule has 0 heterocycles. The highest BCUT2D eigenvalue weighted by molar-refractivity contribution is 5.73. The van der Waals surface area contributed by atoms with E-state index in [0.29, 0.717) is 22.8 Å². The molecule has 31 heavy (non-hydrogen) atoms. The Kier molecular flexibility index (Phi) is 6.87. The lowest BCUT2D eigenvalue weighted by Gasteiger charge is -2.62. The van der Waals surface area contributed by atoms with Gasteiger partial charge in [-0.3, -0.25) is 4.79 Å². The molecule has 0 aromatic carbocycles. The van der Waals surface area contributed by atoms with Crippen molar-refractivity contribution in [3.63, 3.8) is 0 Å². The van der Waals surface area contributed by atoms with Crippen LogP contribution >= 0.6 is 0 Å². The largest absolute Gasteiger partial charge is 0.353 e. The van der Waals surface area contributed by atoms with Crippen molar-refractivity contribution in [3.05, 3.63) is 0 Å². The van der Waals surface area contributed by atoms with Crippen LogP contribution in [0.3, 0.4) is 0 Å². The molecular weight excluding hydrogens is 378 g/mol. The molecule has 2 heteroatoms. The van der Waals surface area contributed by atoms with Crippen LogP contribution in [0.2, 0.25) is 0 Å². The lowest BCUT2D eigenvalue weighted by molar-refractivity contribution is -0.136. The van der Waals surface area contributed by atoms with E-state index in [1.165, 1.54) is 77.0 Å². The van der Waals surface area contributed by atoms with Gasteiger partial charge in [-0.2, -0.15) is 0 Å². The van der Waals surface area contributed by atoms with Gasteiger partial charge in [-0.05, 0) is 97.2 Å². The van der Waals surface area contributed by atoms with Crippen LogP contribution in [0.4, 0.5) is 0 Å². The number of amides is 1. The standard InChI is InChI=1S/C29H51NO/c1-19(2)10-9-11-20(3)23-13-14-24-22-18-27(30-21(4)31)26-12-7-8-16-28(26,5)25(22)15-17-29(23,24)6/h19-20,22-27H,7-18H2,1-6H3,(H,30,31)/t20-,22+,23-,24+,25+,26-,27+,28-,29-/m1/s1. The molecular formula is C29H51NO. The topological polar surface area (TPSA) is 29.1 Å². The van der Waals surface area contributed by atoms with Gasteiger partial charge in [0.1, 0.15) is 0 Å². The number of carbonyl (C=O) groups excluding carboxylic acids is 1. The monoisotopic (exact) mass is 429 g/mol. The van der Waals surface area contributed by atoms with Crippen LogP contribution in [-0.4, -0.2) is 11.9 Å². The zero-order valence-corrected chi connectivity index (χ0v) is 21.5. The molecule has 0 aromatic heterocycles. The first-order valence-electron chi connectivity index (χ1n) is 13.9. The summed E-state index contributed by atoms with van der Waals surface area (Å²) in [5.74, 6) is 6.16. The summed E-state index contributed by atoms with van der Waals surface area (Å²) in [4.78, 5) is 12.1. The molecule has 4 saturated carbocycles. The summed E-state index contributed by atoms with van der Waals surface area (Å²) in [5, 5.41) is 3.47. The number of hydrogen-bond acceptors (Lipinski definition) is 1. The van der Waals surface area contributed by atoms with Crippen molar-refractivity contribution in [2.45, 2.75) is 125 Å². The molecule has 0 spiro atoms. The van der Waals surface area contributed by atoms with Gasteiger partial charge in [0, 0.05) is 13.0 Å². The minimum Gasteiger partial charge on any atom is -0.353 e. The third kappa shape index (κ3) is 4.23. The van der Waals surface area contributed by atoms with E-state index in [1.54, 1.807) is 6.92 Å². The van der Waals surface area contributed by atoms with E-state index in [2.05, 4.69) is 39.9 Å². The summed E-state index contributed by atoms with van der Waals surface area (Å²) < 4.78 is 0. The van der Waals surface area contributed by atoms with E-state index < -0.39 is 0 Å². The van der Waals surface area contributed by atoms with Crippen LogP contribution in [0, 0.1) is 52.3 Å². The zero-order valence-electron chi connectivity index (χ0n) is 21.5. The van der Waals surface area contributed by atoms with Gasteiger partial charge in [0.2, 0.25) is 5.91 Å². The average molecular weight is 430 g/mol. The van der Waals surface area contributed by atoms with E-state index in [1.807, 2.05) is 0 Å². The van der Waals surface area contributed by atoms with Gasteiger partial charge in [-0.25, -0.2) is 0 Å². The highest BCUT2D eigenvalue weighted by Crippen LogP contribution is 2.68. The Hall–Kier alpha value is -0.530. The Bertz CT molecular complexity index is 643. The molecule has 0 radical (unpaired) electrons. The summed E-state index contributed by atoms with van der Waals surface area (Å²) in [6.07, 6.45) is 16.8. The fraction of sp³-hybridized carbons (Fsp3) is 0.966. The predicted molar refractivity (Wildman–Crippen MR) is 131 cm³/mol. The normalized spacial score (nSPS) is 45.5. The van der Waals surface area contributed by atoms with Crippen molar-refractivity contribution >= 4 is 5.91 Å². The second kappa shape index (κ2) is 9.02. The molecule has 4 fully saturated rings. The van der Waals surface area contributed by atoms with Crippen LogP contribution in [0.1, 0.15) is 119 Å². The molecule has 0 aromatic rings. The van der Waals surface area contributed by atoms with Gasteiger partial charge in [-0.1, -0.05) is 66.7 Å². The molecule has 0 bridgehead atoms. The van der Waals surface area contributed by atoms with E-state index in [0.717, 1.165) is 35.5 Å². The maximum absolute atomic E-state index is 12.1. The number of carbonyl (C=O) groups is 1. The highest BCUT2D eigenvalue weighted by atomic mass is 16.1. The zero-order chi connectivity index (χ0) is 22.4. The molecule has 1 N–H and O–H groups in total. The van der Waals surface area contributed by atoms with Gasteiger partial charge in [0.15, 0.2) is 0 Å². The average Bonchev–Trinajstić information content (AvgIpc) is 3.04. The van der Waals surface area contributed by atoms with Crippen molar-refractivity contribution in [1.82, 2.24) is 5.32 Å². The maximum Gasteiger partial charge on any atom is 0.217 e. The van der Waals surface area contributed by atoms with Gasteiger partial charge >= 0.3 is 0 Å². The predicted octanol–water partition coefficient (Wildman–Crippen LogP) is 7.61. The lowest BCUT2D eigenvalue weighted by atomic mass is 9.43. The van der Waals surface area contributed by atoms with E-state index in [-0.39, 0.29) is 5.91 Å². The molecule has 178 valence electrons. The second-order valence-electron chi connectivity index (χ2n) is 13.3. The lowest BCUT2D eigenvalue weighted by Crippen LogP contribution is -2.60. The van der Waals surface area contributed by atoms with Gasteiger partial charge in [0.25, 0.3) is 0 Å². The fourth-order valence-corrected chi connectivity index (χ4v) is 9.84. The van der Waals surface area contributed by atoms with Crippen LogP contribution < -0.4 is 5.32 Å². The molecule has 0 unspecified atom stereocenters. The van der Waals surface area contributed by atoms with Gasteiger partial charge in [0.05, 0.1) is 0 Å². The van der Waals surface area contributed by atoms with Crippen LogP contribution in [0.5, 0.6) is 0 Å². The Morgan fingerprint density at radius 2 is 1.65 bits per heavy atom. The number of hydrogen-bond donors (Lipinski definition) is 1. The Balaban J connectivity index is 1.54. The Morgan fingerprint density at radius 1 is 0.903 bits per heavy atom. The smallest absolute Gasteiger partial charge is 0.217 e. The van der Waals surface area contributed by atoms with Crippen molar-refractivity contribution in [3.8, 4) is 0 Å². The van der Waals surface area contributed by atoms with Gasteiger partial charge < -0.3 is 5.32 Å². The van der Waals surface area contributed by atoms with Crippen molar-refractivity contribution < 1.29 is 4.79 Å². The molecule has 1 amide bonds. The first-order valence-corrected chi connectivity index (χ1v) is 13.9. The van der Waals surface area contributed by atoms with Crippen molar-refractivity contribution in [2.24, 2.45) is 52.3 Å². The quantitative estimate of drug-likeness (QED) is 0.462. The summed E-state index contributed by atoms with van der Waals surface area (Å²) in [6.45, 7) is 14.4. The SMILES string of the molecule is CC(=O)N[C@H]1C[C@@H]2[C@H](CC[C@]3(C)[C@@H]([C@H](C)CCCC(C)C)CC[C@@H]23)[C@@]2(C)CCCC[C@H]12. The molecule has 9 atom stereocenters.